The summed E-state index contributed by atoms with van der Waals surface area (Å²) >= 11 is 0. The van der Waals surface area contributed by atoms with Crippen molar-refractivity contribution in [2.45, 2.75) is 65.0 Å². The summed E-state index contributed by atoms with van der Waals surface area (Å²) in [7, 11) is 0. The van der Waals surface area contributed by atoms with Crippen LogP contribution in [0.4, 0.5) is 0 Å². The minimum atomic E-state index is 0.0983. The third-order valence-corrected chi connectivity index (χ3v) is 4.68. The summed E-state index contributed by atoms with van der Waals surface area (Å²) < 4.78 is 5.65. The average molecular weight is 256 g/mol. The zero-order valence-electron chi connectivity index (χ0n) is 13.0. The highest BCUT2D eigenvalue weighted by Gasteiger charge is 2.44. The van der Waals surface area contributed by atoms with Crippen LogP contribution < -0.4 is 5.73 Å². The van der Waals surface area contributed by atoms with E-state index in [2.05, 4.69) is 39.5 Å². The van der Waals surface area contributed by atoms with Gasteiger partial charge < -0.3 is 10.5 Å². The molecule has 18 heavy (non-hydrogen) atoms. The number of nitrogens with zero attached hydrogens (tertiary/aromatic N) is 1. The van der Waals surface area contributed by atoms with E-state index in [1.807, 2.05) is 0 Å². The Bertz CT molecular complexity index is 249. The standard InChI is InChI=1S/C15H32N2O/c1-6-13(3)10-15(7-2,11-16)17-8-9-18-12-14(17,4)5/h13H,6-12,16H2,1-5H3. The lowest BCUT2D eigenvalue weighted by atomic mass is 9.80. The quantitative estimate of drug-likeness (QED) is 0.794. The highest BCUT2D eigenvalue weighted by atomic mass is 16.5. The van der Waals surface area contributed by atoms with Crippen LogP contribution in [-0.2, 0) is 4.74 Å². The first-order valence-electron chi connectivity index (χ1n) is 7.47. The van der Waals surface area contributed by atoms with Crippen LogP contribution in [0.5, 0.6) is 0 Å². The third kappa shape index (κ3) is 3.25. The number of ether oxygens (including phenoxy) is 1. The van der Waals surface area contributed by atoms with Gasteiger partial charge in [-0.25, -0.2) is 0 Å². The van der Waals surface area contributed by atoms with Gasteiger partial charge in [0.25, 0.3) is 0 Å². The second-order valence-corrected chi connectivity index (χ2v) is 6.52. The molecule has 1 fully saturated rings. The minimum absolute atomic E-state index is 0.0983. The highest BCUT2D eigenvalue weighted by Crippen LogP contribution is 2.35. The van der Waals surface area contributed by atoms with Crippen molar-refractivity contribution in [1.29, 1.82) is 0 Å². The van der Waals surface area contributed by atoms with Crippen molar-refractivity contribution < 1.29 is 4.74 Å². The number of nitrogens with two attached hydrogens (primary N) is 1. The van der Waals surface area contributed by atoms with Crippen molar-refractivity contribution >= 4 is 0 Å². The summed E-state index contributed by atoms with van der Waals surface area (Å²) in [5.41, 5.74) is 6.43. The van der Waals surface area contributed by atoms with E-state index in [9.17, 15) is 0 Å². The molecule has 2 N–H and O–H groups in total. The van der Waals surface area contributed by atoms with Crippen LogP contribution in [0.3, 0.4) is 0 Å². The minimum Gasteiger partial charge on any atom is -0.378 e. The maximum Gasteiger partial charge on any atom is 0.0645 e. The van der Waals surface area contributed by atoms with E-state index in [0.717, 1.165) is 38.6 Å². The first-order chi connectivity index (χ1) is 8.41. The van der Waals surface area contributed by atoms with E-state index in [4.69, 9.17) is 10.5 Å². The molecule has 0 aromatic heterocycles. The van der Waals surface area contributed by atoms with Crippen molar-refractivity contribution in [2.75, 3.05) is 26.3 Å². The topological polar surface area (TPSA) is 38.5 Å². The van der Waals surface area contributed by atoms with Crippen LogP contribution in [0.2, 0.25) is 0 Å². The lowest BCUT2D eigenvalue weighted by molar-refractivity contribution is -0.111. The predicted octanol–water partition coefficient (Wildman–Crippen LogP) is 2.64. The molecule has 0 aromatic rings. The van der Waals surface area contributed by atoms with Crippen LogP contribution in [-0.4, -0.2) is 42.3 Å². The highest BCUT2D eigenvalue weighted by molar-refractivity contribution is 5.00. The summed E-state index contributed by atoms with van der Waals surface area (Å²) in [6.07, 6.45) is 3.55. The summed E-state index contributed by atoms with van der Waals surface area (Å²) in [4.78, 5) is 2.62. The molecule has 0 bridgehead atoms. The molecule has 0 aromatic carbocycles. The molecule has 0 radical (unpaired) electrons. The molecule has 1 saturated heterocycles. The van der Waals surface area contributed by atoms with Crippen molar-refractivity contribution in [3.8, 4) is 0 Å². The van der Waals surface area contributed by atoms with Gasteiger partial charge in [0, 0.05) is 24.2 Å². The Kier molecular flexibility index (Phi) is 5.63. The van der Waals surface area contributed by atoms with Gasteiger partial charge >= 0.3 is 0 Å². The van der Waals surface area contributed by atoms with Gasteiger partial charge in [-0.3, -0.25) is 4.90 Å². The molecule has 1 aliphatic rings. The van der Waals surface area contributed by atoms with Crippen LogP contribution >= 0.6 is 0 Å². The predicted molar refractivity (Wildman–Crippen MR) is 77.8 cm³/mol. The first-order valence-corrected chi connectivity index (χ1v) is 7.47. The van der Waals surface area contributed by atoms with Crippen molar-refractivity contribution in [3.63, 3.8) is 0 Å². The van der Waals surface area contributed by atoms with Crippen LogP contribution in [0.1, 0.15) is 53.9 Å². The fourth-order valence-electron chi connectivity index (χ4n) is 3.31. The molecular weight excluding hydrogens is 224 g/mol. The van der Waals surface area contributed by atoms with Crippen LogP contribution in [0.25, 0.3) is 0 Å². The van der Waals surface area contributed by atoms with Gasteiger partial charge in [-0.2, -0.15) is 0 Å². The summed E-state index contributed by atoms with van der Waals surface area (Å²) in [5.74, 6) is 0.729. The van der Waals surface area contributed by atoms with E-state index < -0.39 is 0 Å². The van der Waals surface area contributed by atoms with Crippen LogP contribution in [0.15, 0.2) is 0 Å². The fourth-order valence-corrected chi connectivity index (χ4v) is 3.31. The Morgan fingerprint density at radius 2 is 2.06 bits per heavy atom. The average Bonchev–Trinajstić information content (AvgIpc) is 2.36. The maximum absolute atomic E-state index is 6.19. The molecule has 0 spiro atoms. The molecule has 1 rings (SSSR count). The van der Waals surface area contributed by atoms with Gasteiger partial charge in [0.05, 0.1) is 13.2 Å². The molecule has 3 heteroatoms. The van der Waals surface area contributed by atoms with Crippen molar-refractivity contribution in [1.82, 2.24) is 4.90 Å². The lowest BCUT2D eigenvalue weighted by Crippen LogP contribution is -2.66. The monoisotopic (exact) mass is 256 g/mol. The second kappa shape index (κ2) is 6.36. The SMILES string of the molecule is CCC(C)CC(CC)(CN)N1CCOCC1(C)C. The molecule has 1 aliphatic heterocycles. The molecular formula is C15H32N2O. The van der Waals surface area contributed by atoms with E-state index in [1.165, 1.54) is 12.8 Å². The third-order valence-electron chi connectivity index (χ3n) is 4.68. The molecule has 2 atom stereocenters. The van der Waals surface area contributed by atoms with Crippen molar-refractivity contribution in [3.05, 3.63) is 0 Å². The largest absolute Gasteiger partial charge is 0.378 e. The summed E-state index contributed by atoms with van der Waals surface area (Å²) in [5, 5.41) is 0. The number of hydrogen-bond donors (Lipinski definition) is 1. The molecule has 3 nitrogen and oxygen atoms in total. The van der Waals surface area contributed by atoms with Gasteiger partial charge in [-0.15, -0.1) is 0 Å². The van der Waals surface area contributed by atoms with Crippen LogP contribution in [0, 0.1) is 5.92 Å². The van der Waals surface area contributed by atoms with Gasteiger partial charge in [-0.05, 0) is 32.6 Å². The van der Waals surface area contributed by atoms with Crippen molar-refractivity contribution in [2.24, 2.45) is 11.7 Å². The zero-order chi connectivity index (χ0) is 13.8. The zero-order valence-corrected chi connectivity index (χ0v) is 13.0. The van der Waals surface area contributed by atoms with Gasteiger partial charge in [-0.1, -0.05) is 27.2 Å². The van der Waals surface area contributed by atoms with E-state index in [1.54, 1.807) is 0 Å². The Balaban J connectivity index is 2.94. The Hall–Kier alpha value is -0.120. The molecule has 108 valence electrons. The summed E-state index contributed by atoms with van der Waals surface area (Å²) in [6.45, 7) is 14.9. The number of morpholine rings is 1. The molecule has 0 aliphatic carbocycles. The number of hydrogen-bond acceptors (Lipinski definition) is 3. The Morgan fingerprint density at radius 3 is 2.50 bits per heavy atom. The molecule has 2 unspecified atom stereocenters. The van der Waals surface area contributed by atoms with E-state index in [0.29, 0.717) is 0 Å². The summed E-state index contributed by atoms with van der Waals surface area (Å²) in [6, 6.07) is 0. The normalized spacial score (nSPS) is 25.7. The van der Waals surface area contributed by atoms with Gasteiger partial charge in [0.15, 0.2) is 0 Å². The smallest absolute Gasteiger partial charge is 0.0645 e. The van der Waals surface area contributed by atoms with E-state index >= 15 is 0 Å². The second-order valence-electron chi connectivity index (χ2n) is 6.52. The van der Waals surface area contributed by atoms with Gasteiger partial charge in [0.2, 0.25) is 0 Å². The lowest BCUT2D eigenvalue weighted by Gasteiger charge is -2.54. The van der Waals surface area contributed by atoms with Gasteiger partial charge in [0.1, 0.15) is 0 Å². The molecule has 0 amide bonds. The Morgan fingerprint density at radius 1 is 1.39 bits per heavy atom. The number of rotatable bonds is 6. The Labute approximate surface area is 113 Å². The molecule has 0 saturated carbocycles. The maximum atomic E-state index is 6.19. The van der Waals surface area contributed by atoms with E-state index in [-0.39, 0.29) is 11.1 Å². The molecule has 1 heterocycles. The first kappa shape index (κ1) is 15.9. The fraction of sp³-hybridized carbons (Fsp3) is 1.00.